The van der Waals surface area contributed by atoms with E-state index >= 15 is 0 Å². The summed E-state index contributed by atoms with van der Waals surface area (Å²) in [4.78, 5) is 13.6. The molecule has 1 fully saturated rings. The molecule has 2 aromatic carbocycles. The van der Waals surface area contributed by atoms with Gasteiger partial charge in [0.15, 0.2) is 0 Å². The molecule has 0 saturated carbocycles. The number of rotatable bonds is 7. The van der Waals surface area contributed by atoms with Crippen molar-refractivity contribution in [2.45, 2.75) is 37.5 Å². The van der Waals surface area contributed by atoms with Crippen LogP contribution in [0.3, 0.4) is 0 Å². The molecule has 33 heavy (non-hydrogen) atoms. The van der Waals surface area contributed by atoms with E-state index in [-0.39, 0.29) is 10.5 Å². The van der Waals surface area contributed by atoms with Gasteiger partial charge in [-0.25, -0.2) is 13.2 Å². The Morgan fingerprint density at radius 3 is 2.55 bits per heavy atom. The van der Waals surface area contributed by atoms with E-state index in [9.17, 15) is 18.3 Å². The Balaban J connectivity index is 1.79. The number of carboxylic acids is 1. The van der Waals surface area contributed by atoms with E-state index in [1.807, 2.05) is 25.1 Å². The Labute approximate surface area is 193 Å². The Morgan fingerprint density at radius 1 is 1.09 bits per heavy atom. The fourth-order valence-electron chi connectivity index (χ4n) is 4.07. The Hall–Kier alpha value is -3.46. The van der Waals surface area contributed by atoms with Crippen LogP contribution in [0, 0.1) is 0 Å². The first kappa shape index (κ1) is 22.7. The van der Waals surface area contributed by atoms with Gasteiger partial charge in [0, 0.05) is 24.8 Å². The second kappa shape index (κ2) is 9.58. The van der Waals surface area contributed by atoms with Crippen LogP contribution in [-0.4, -0.2) is 42.8 Å². The standard InChI is InChI=1S/C24H26N4O4S/c1-2-17-8-9-19(24(29)30)16-23(17)33(31,32)27-21-15-18(20-7-6-12-25-26-20)10-11-22(21)28-13-4-3-5-14-28/h6-12,15-16,27H,2-5,13-14H2,1H3,(H,29,30). The smallest absolute Gasteiger partial charge is 0.335 e. The molecule has 172 valence electrons. The molecule has 1 aliphatic rings. The van der Waals surface area contributed by atoms with Crippen molar-refractivity contribution in [3.05, 3.63) is 65.9 Å². The summed E-state index contributed by atoms with van der Waals surface area (Å²) in [6.45, 7) is 3.52. The molecular weight excluding hydrogens is 440 g/mol. The lowest BCUT2D eigenvalue weighted by Gasteiger charge is -2.31. The number of aromatic nitrogens is 2. The van der Waals surface area contributed by atoms with Crippen molar-refractivity contribution in [2.75, 3.05) is 22.7 Å². The Morgan fingerprint density at radius 2 is 1.88 bits per heavy atom. The zero-order valence-corrected chi connectivity index (χ0v) is 19.2. The largest absolute Gasteiger partial charge is 0.478 e. The highest BCUT2D eigenvalue weighted by Gasteiger charge is 2.24. The van der Waals surface area contributed by atoms with E-state index in [1.165, 1.54) is 12.1 Å². The second-order valence-corrected chi connectivity index (χ2v) is 9.63. The van der Waals surface area contributed by atoms with E-state index in [2.05, 4.69) is 19.8 Å². The molecule has 8 nitrogen and oxygen atoms in total. The molecule has 1 saturated heterocycles. The number of carbonyl (C=O) groups is 1. The normalized spacial score (nSPS) is 14.2. The van der Waals surface area contributed by atoms with Gasteiger partial charge in [-0.15, -0.1) is 0 Å². The van der Waals surface area contributed by atoms with Gasteiger partial charge < -0.3 is 10.0 Å². The molecular formula is C24H26N4O4S. The first-order valence-corrected chi connectivity index (χ1v) is 12.4. The van der Waals surface area contributed by atoms with Gasteiger partial charge in [0.25, 0.3) is 10.0 Å². The summed E-state index contributed by atoms with van der Waals surface area (Å²) in [5.74, 6) is -1.17. The van der Waals surface area contributed by atoms with E-state index in [4.69, 9.17) is 0 Å². The zero-order valence-electron chi connectivity index (χ0n) is 18.4. The number of benzene rings is 2. The molecule has 0 unspecified atom stereocenters. The second-order valence-electron chi connectivity index (χ2n) is 7.98. The van der Waals surface area contributed by atoms with E-state index in [1.54, 1.807) is 24.4 Å². The van der Waals surface area contributed by atoms with Gasteiger partial charge in [-0.3, -0.25) is 4.72 Å². The molecule has 1 aromatic heterocycles. The van der Waals surface area contributed by atoms with Crippen LogP contribution in [0.25, 0.3) is 11.3 Å². The number of hydrogen-bond acceptors (Lipinski definition) is 6. The fourth-order valence-corrected chi connectivity index (χ4v) is 5.48. The molecule has 0 aliphatic carbocycles. The maximum absolute atomic E-state index is 13.5. The van der Waals surface area contributed by atoms with Crippen LogP contribution in [0.15, 0.2) is 59.6 Å². The van der Waals surface area contributed by atoms with Crippen LogP contribution >= 0.6 is 0 Å². The van der Waals surface area contributed by atoms with Crippen LogP contribution in [0.5, 0.6) is 0 Å². The first-order chi connectivity index (χ1) is 15.9. The van der Waals surface area contributed by atoms with Gasteiger partial charge in [0.05, 0.1) is 27.5 Å². The van der Waals surface area contributed by atoms with Crippen LogP contribution in [-0.2, 0) is 16.4 Å². The van der Waals surface area contributed by atoms with E-state index < -0.39 is 16.0 Å². The van der Waals surface area contributed by atoms with Crippen molar-refractivity contribution in [3.8, 4) is 11.3 Å². The Kier molecular flexibility index (Phi) is 6.60. The monoisotopic (exact) mass is 466 g/mol. The highest BCUT2D eigenvalue weighted by Crippen LogP contribution is 2.34. The lowest BCUT2D eigenvalue weighted by atomic mass is 10.1. The predicted molar refractivity (Wildman–Crippen MR) is 127 cm³/mol. The van der Waals surface area contributed by atoms with E-state index in [0.717, 1.165) is 43.6 Å². The van der Waals surface area contributed by atoms with Gasteiger partial charge in [0.2, 0.25) is 0 Å². The minimum Gasteiger partial charge on any atom is -0.478 e. The first-order valence-electron chi connectivity index (χ1n) is 10.9. The summed E-state index contributed by atoms with van der Waals surface area (Å²) >= 11 is 0. The maximum Gasteiger partial charge on any atom is 0.335 e. The number of aryl methyl sites for hydroxylation is 1. The molecule has 2 N–H and O–H groups in total. The van der Waals surface area contributed by atoms with Crippen molar-refractivity contribution in [3.63, 3.8) is 0 Å². The van der Waals surface area contributed by atoms with Crippen molar-refractivity contribution < 1.29 is 18.3 Å². The highest BCUT2D eigenvalue weighted by atomic mass is 32.2. The van der Waals surface area contributed by atoms with Gasteiger partial charge in [-0.2, -0.15) is 10.2 Å². The van der Waals surface area contributed by atoms with Crippen molar-refractivity contribution in [1.82, 2.24) is 10.2 Å². The van der Waals surface area contributed by atoms with Crippen molar-refractivity contribution in [1.29, 1.82) is 0 Å². The number of carboxylic acid groups (broad SMARTS) is 1. The molecule has 0 atom stereocenters. The lowest BCUT2D eigenvalue weighted by molar-refractivity contribution is 0.0696. The fraction of sp³-hybridized carbons (Fsp3) is 0.292. The van der Waals surface area contributed by atoms with Crippen molar-refractivity contribution >= 4 is 27.4 Å². The quantitative estimate of drug-likeness (QED) is 0.537. The minimum atomic E-state index is -4.05. The third-order valence-corrected chi connectivity index (χ3v) is 7.24. The number of anilines is 2. The zero-order chi connectivity index (χ0) is 23.4. The molecule has 0 spiro atoms. The molecule has 2 heterocycles. The SMILES string of the molecule is CCc1ccc(C(=O)O)cc1S(=O)(=O)Nc1cc(-c2cccnn2)ccc1N1CCCCC1. The van der Waals surface area contributed by atoms with Gasteiger partial charge in [-0.05, 0) is 67.6 Å². The topological polar surface area (TPSA) is 112 Å². The van der Waals surface area contributed by atoms with Gasteiger partial charge in [-0.1, -0.05) is 19.1 Å². The minimum absolute atomic E-state index is 0.0283. The summed E-state index contributed by atoms with van der Waals surface area (Å²) in [6.07, 6.45) is 5.26. The number of hydrogen-bond donors (Lipinski definition) is 2. The predicted octanol–water partition coefficient (Wildman–Crippen LogP) is 4.20. The average molecular weight is 467 g/mol. The van der Waals surface area contributed by atoms with E-state index in [0.29, 0.717) is 23.4 Å². The lowest BCUT2D eigenvalue weighted by Crippen LogP contribution is -2.30. The molecule has 0 bridgehead atoms. The molecule has 1 aliphatic heterocycles. The average Bonchev–Trinajstić information content (AvgIpc) is 2.84. The number of aromatic carboxylic acids is 1. The number of piperidine rings is 1. The number of sulfonamides is 1. The summed E-state index contributed by atoms with van der Waals surface area (Å²) in [7, 11) is -4.05. The Bertz CT molecular complexity index is 1260. The van der Waals surface area contributed by atoms with Gasteiger partial charge in [0.1, 0.15) is 0 Å². The van der Waals surface area contributed by atoms with Crippen LogP contribution < -0.4 is 9.62 Å². The third-order valence-electron chi connectivity index (χ3n) is 5.79. The number of nitrogens with zero attached hydrogens (tertiary/aromatic N) is 3. The number of nitrogens with one attached hydrogen (secondary N) is 1. The van der Waals surface area contributed by atoms with Crippen LogP contribution in [0.2, 0.25) is 0 Å². The molecule has 4 rings (SSSR count). The summed E-state index contributed by atoms with van der Waals surface area (Å²) in [5, 5.41) is 17.4. The summed E-state index contributed by atoms with van der Waals surface area (Å²) < 4.78 is 29.7. The van der Waals surface area contributed by atoms with Gasteiger partial charge >= 0.3 is 5.97 Å². The third kappa shape index (κ3) is 4.98. The molecule has 0 amide bonds. The van der Waals surface area contributed by atoms with Crippen LogP contribution in [0.1, 0.15) is 42.1 Å². The summed E-state index contributed by atoms with van der Waals surface area (Å²) in [6, 6.07) is 13.4. The van der Waals surface area contributed by atoms with Crippen LogP contribution in [0.4, 0.5) is 11.4 Å². The highest BCUT2D eigenvalue weighted by molar-refractivity contribution is 7.92. The maximum atomic E-state index is 13.5. The molecule has 9 heteroatoms. The van der Waals surface area contributed by atoms with Crippen molar-refractivity contribution in [2.24, 2.45) is 0 Å². The molecule has 0 radical (unpaired) electrons. The summed E-state index contributed by atoms with van der Waals surface area (Å²) in [5.41, 5.74) is 3.07. The molecule has 3 aromatic rings.